The molecule has 2 nitrogen and oxygen atoms in total. The highest BCUT2D eigenvalue weighted by Crippen LogP contribution is 2.48. The first kappa shape index (κ1) is 32.0. The molecular formula is C53H40N2. The lowest BCUT2D eigenvalue weighted by molar-refractivity contribution is 0.679. The van der Waals surface area contributed by atoms with Crippen LogP contribution in [0.5, 0.6) is 0 Å². The summed E-state index contributed by atoms with van der Waals surface area (Å²) >= 11 is 0. The Bertz CT molecular complexity index is 2900. The Hall–Kier alpha value is -6.51. The molecule has 7 aromatic rings. The molecule has 4 aliphatic carbocycles. The molecule has 3 atom stereocenters. The molecule has 262 valence electrons. The molecule has 1 heterocycles. The van der Waals surface area contributed by atoms with Crippen LogP contribution >= 0.6 is 0 Å². The van der Waals surface area contributed by atoms with Crippen LogP contribution in [0.4, 0.5) is 0 Å². The third-order valence-electron chi connectivity index (χ3n) is 12.1. The molecule has 0 aliphatic heterocycles. The number of hydrogen-bond donors (Lipinski definition) is 0. The van der Waals surface area contributed by atoms with Crippen LogP contribution in [0.15, 0.2) is 182 Å². The molecule has 0 spiro atoms. The Balaban J connectivity index is 1.08. The van der Waals surface area contributed by atoms with E-state index in [1.165, 1.54) is 82.8 Å². The van der Waals surface area contributed by atoms with Gasteiger partial charge in [0.1, 0.15) is 5.82 Å². The van der Waals surface area contributed by atoms with Gasteiger partial charge in [-0.15, -0.1) is 0 Å². The predicted octanol–water partition coefficient (Wildman–Crippen LogP) is 13.4. The average molecular weight is 705 g/mol. The number of para-hydroxylation sites is 1. The first-order valence-corrected chi connectivity index (χ1v) is 19.7. The zero-order chi connectivity index (χ0) is 36.3. The number of imidazole rings is 1. The number of hydrogen-bond acceptors (Lipinski definition) is 1. The number of aromatic nitrogens is 2. The van der Waals surface area contributed by atoms with Crippen molar-refractivity contribution in [2.45, 2.75) is 25.2 Å². The molecule has 11 rings (SSSR count). The van der Waals surface area contributed by atoms with Crippen molar-refractivity contribution in [1.82, 2.24) is 9.55 Å². The highest BCUT2D eigenvalue weighted by Gasteiger charge is 2.29. The quantitative estimate of drug-likeness (QED) is 0.163. The zero-order valence-corrected chi connectivity index (χ0v) is 30.6. The second-order valence-electron chi connectivity index (χ2n) is 15.2. The van der Waals surface area contributed by atoms with E-state index in [1.807, 2.05) is 0 Å². The Labute approximate surface area is 322 Å². The van der Waals surface area contributed by atoms with Gasteiger partial charge in [0.05, 0.1) is 11.4 Å². The highest BCUT2D eigenvalue weighted by atomic mass is 15.1. The van der Waals surface area contributed by atoms with E-state index in [1.54, 1.807) is 0 Å². The molecular weight excluding hydrogens is 665 g/mol. The summed E-state index contributed by atoms with van der Waals surface area (Å²) in [4.78, 5) is 5.28. The Morgan fingerprint density at radius 1 is 0.618 bits per heavy atom. The van der Waals surface area contributed by atoms with Gasteiger partial charge in [-0.1, -0.05) is 164 Å². The van der Waals surface area contributed by atoms with Gasteiger partial charge >= 0.3 is 0 Å². The number of fused-ring (bicyclic) bond motifs is 5. The summed E-state index contributed by atoms with van der Waals surface area (Å²) in [6.07, 6.45) is 30.8. The Morgan fingerprint density at radius 2 is 1.38 bits per heavy atom. The summed E-state index contributed by atoms with van der Waals surface area (Å²) < 4.78 is 2.38. The van der Waals surface area contributed by atoms with Crippen LogP contribution < -0.4 is 0 Å². The minimum Gasteiger partial charge on any atom is -0.296 e. The van der Waals surface area contributed by atoms with Crippen molar-refractivity contribution in [3.63, 3.8) is 0 Å². The molecule has 6 aromatic carbocycles. The van der Waals surface area contributed by atoms with Crippen molar-refractivity contribution >= 4 is 49.5 Å². The SMILES string of the molecule is C1=CC2C=CC=C(c3c4ccccc4c(-c4cccc5ccccc45)c4ccc(C5=CCC(c6nc7c(n6-c6ccccc6)C=CCC7)C=C5)cc34)C2C=C1. The number of allylic oxidation sites excluding steroid dienone is 13. The second kappa shape index (κ2) is 13.1. The molecule has 0 N–H and O–H groups in total. The van der Waals surface area contributed by atoms with E-state index >= 15 is 0 Å². The lowest BCUT2D eigenvalue weighted by Gasteiger charge is -2.30. The van der Waals surface area contributed by atoms with Gasteiger partial charge in [0, 0.05) is 23.4 Å². The maximum atomic E-state index is 5.28. The van der Waals surface area contributed by atoms with Gasteiger partial charge in [-0.25, -0.2) is 4.98 Å². The van der Waals surface area contributed by atoms with Crippen molar-refractivity contribution in [1.29, 1.82) is 0 Å². The minimum absolute atomic E-state index is 0.197. The predicted molar refractivity (Wildman–Crippen MR) is 232 cm³/mol. The van der Waals surface area contributed by atoms with Crippen LogP contribution in [0.2, 0.25) is 0 Å². The van der Waals surface area contributed by atoms with E-state index in [9.17, 15) is 0 Å². The summed E-state index contributed by atoms with van der Waals surface area (Å²) in [6.45, 7) is 0. The second-order valence-corrected chi connectivity index (χ2v) is 15.2. The first-order chi connectivity index (χ1) is 27.3. The van der Waals surface area contributed by atoms with Gasteiger partial charge in [-0.3, -0.25) is 4.57 Å². The molecule has 3 unspecified atom stereocenters. The number of rotatable bonds is 5. The average Bonchev–Trinajstić information content (AvgIpc) is 3.65. The van der Waals surface area contributed by atoms with Crippen molar-refractivity contribution in [3.8, 4) is 16.8 Å². The van der Waals surface area contributed by atoms with Gasteiger partial charge in [-0.2, -0.15) is 0 Å². The molecule has 2 heteroatoms. The molecule has 0 bridgehead atoms. The van der Waals surface area contributed by atoms with Crippen molar-refractivity contribution in [2.24, 2.45) is 11.8 Å². The van der Waals surface area contributed by atoms with Crippen LogP contribution in [0.25, 0.3) is 66.4 Å². The fourth-order valence-electron chi connectivity index (χ4n) is 9.56. The molecule has 55 heavy (non-hydrogen) atoms. The van der Waals surface area contributed by atoms with Crippen LogP contribution in [-0.4, -0.2) is 9.55 Å². The van der Waals surface area contributed by atoms with Gasteiger partial charge in [0.15, 0.2) is 0 Å². The fourth-order valence-corrected chi connectivity index (χ4v) is 9.56. The Kier molecular flexibility index (Phi) is 7.62. The largest absolute Gasteiger partial charge is 0.296 e. The summed E-state index contributed by atoms with van der Waals surface area (Å²) in [7, 11) is 0. The van der Waals surface area contributed by atoms with E-state index in [-0.39, 0.29) is 11.8 Å². The van der Waals surface area contributed by atoms with E-state index in [0.717, 1.165) is 25.1 Å². The van der Waals surface area contributed by atoms with Crippen LogP contribution in [-0.2, 0) is 6.42 Å². The molecule has 1 aromatic heterocycles. The van der Waals surface area contributed by atoms with E-state index in [4.69, 9.17) is 4.98 Å². The van der Waals surface area contributed by atoms with Crippen molar-refractivity contribution in [2.75, 3.05) is 0 Å². The molecule has 4 aliphatic rings. The van der Waals surface area contributed by atoms with Gasteiger partial charge in [0.2, 0.25) is 0 Å². The lowest BCUT2D eigenvalue weighted by atomic mass is 9.74. The molecule has 0 fully saturated rings. The van der Waals surface area contributed by atoms with Gasteiger partial charge in [0.25, 0.3) is 0 Å². The molecule has 0 radical (unpaired) electrons. The van der Waals surface area contributed by atoms with Crippen molar-refractivity contribution in [3.05, 3.63) is 210 Å². The van der Waals surface area contributed by atoms with E-state index in [2.05, 4.69) is 193 Å². The smallest absolute Gasteiger partial charge is 0.121 e. The van der Waals surface area contributed by atoms with Crippen LogP contribution in [0, 0.1) is 11.8 Å². The maximum absolute atomic E-state index is 5.28. The van der Waals surface area contributed by atoms with Crippen LogP contribution in [0.1, 0.15) is 47.1 Å². The maximum Gasteiger partial charge on any atom is 0.121 e. The summed E-state index contributed by atoms with van der Waals surface area (Å²) in [5.41, 5.74) is 11.4. The van der Waals surface area contributed by atoms with Gasteiger partial charge in [-0.05, 0) is 109 Å². The minimum atomic E-state index is 0.197. The number of nitrogens with zero attached hydrogens (tertiary/aromatic N) is 2. The third kappa shape index (κ3) is 5.28. The topological polar surface area (TPSA) is 17.8 Å². The number of benzene rings is 6. The molecule has 0 amide bonds. The summed E-state index contributed by atoms with van der Waals surface area (Å²) in [5.74, 6) is 1.97. The zero-order valence-electron chi connectivity index (χ0n) is 30.6. The summed E-state index contributed by atoms with van der Waals surface area (Å²) in [6, 6.07) is 42.6. The van der Waals surface area contributed by atoms with Crippen LogP contribution in [0.3, 0.4) is 0 Å². The van der Waals surface area contributed by atoms with Gasteiger partial charge < -0.3 is 0 Å². The van der Waals surface area contributed by atoms with E-state index in [0.29, 0.717) is 5.92 Å². The lowest BCUT2D eigenvalue weighted by Crippen LogP contribution is -2.15. The fraction of sp³-hybridized carbons (Fsp3) is 0.113. The first-order valence-electron chi connectivity index (χ1n) is 19.7. The summed E-state index contributed by atoms with van der Waals surface area (Å²) in [5, 5.41) is 7.73. The number of aryl methyl sites for hydroxylation is 1. The highest BCUT2D eigenvalue weighted by molar-refractivity contribution is 6.22. The van der Waals surface area contributed by atoms with E-state index < -0.39 is 0 Å². The monoisotopic (exact) mass is 704 g/mol. The molecule has 0 saturated heterocycles. The third-order valence-corrected chi connectivity index (χ3v) is 12.1. The normalized spacial score (nSPS) is 19.8. The molecule has 0 saturated carbocycles. The standard InChI is InChI=1S/C53H40N2/c1-2-18-40(19-3-1)55-50-27-11-10-26-49(50)54-53(55)38-30-28-35(29-31-38)39-32-33-47-48(34-39)52(44-25-13-17-37-15-5-7-21-42(37)44)46-23-9-8-22-45(46)51(47)43-24-12-16-36-14-4-6-20-41(36)43/h1-9,11-25,27-30,32-34,37-38,42H,10,26,31H2. The van der Waals surface area contributed by atoms with Crippen molar-refractivity contribution < 1.29 is 0 Å². The Morgan fingerprint density at radius 3 is 2.25 bits per heavy atom.